The minimum Gasteiger partial charge on any atom is -0.309 e. The Balaban J connectivity index is 0.973. The van der Waals surface area contributed by atoms with Crippen molar-refractivity contribution in [2.24, 2.45) is 0 Å². The van der Waals surface area contributed by atoms with Gasteiger partial charge in [0.2, 0.25) is 0 Å². The molecule has 2 aromatic heterocycles. The minimum atomic E-state index is 1.09. The quantitative estimate of drug-likeness (QED) is 0.145. The number of thiophene rings is 1. The zero-order valence-electron chi connectivity index (χ0n) is 37.6. The Kier molecular flexibility index (Phi) is 9.11. The summed E-state index contributed by atoms with van der Waals surface area (Å²) in [6, 6.07) is 93.8. The topological polar surface area (TPSA) is 8.17 Å². The Morgan fingerprint density at radius 3 is 1.67 bits per heavy atom. The molecule has 0 radical (unpaired) electrons. The van der Waals surface area contributed by atoms with E-state index in [4.69, 9.17) is 0 Å². The number of hydrogen-bond acceptors (Lipinski definition) is 2. The zero-order chi connectivity index (χ0) is 45.4. The summed E-state index contributed by atoms with van der Waals surface area (Å²) in [5.74, 6) is 0. The zero-order valence-corrected chi connectivity index (χ0v) is 38.4. The highest BCUT2D eigenvalue weighted by Crippen LogP contribution is 2.50. The van der Waals surface area contributed by atoms with E-state index in [1.807, 2.05) is 11.3 Å². The monoisotopic (exact) mass is 894 g/mol. The molecule has 0 unspecified atom stereocenters. The molecule has 0 atom stereocenters. The first-order chi connectivity index (χ1) is 34.2. The molecule has 0 N–H and O–H groups in total. The van der Waals surface area contributed by atoms with Crippen LogP contribution in [-0.2, 0) is 0 Å². The van der Waals surface area contributed by atoms with Gasteiger partial charge in [-0.3, -0.25) is 0 Å². The van der Waals surface area contributed by atoms with Crippen molar-refractivity contribution in [1.82, 2.24) is 4.57 Å². The summed E-state index contributed by atoms with van der Waals surface area (Å²) in [5.41, 5.74) is 14.0. The summed E-state index contributed by atoms with van der Waals surface area (Å²) >= 11 is 1.90. The van der Waals surface area contributed by atoms with Gasteiger partial charge in [-0.1, -0.05) is 194 Å². The van der Waals surface area contributed by atoms with Crippen molar-refractivity contribution < 1.29 is 0 Å². The van der Waals surface area contributed by atoms with Crippen LogP contribution in [0.2, 0.25) is 0 Å². The molecule has 14 rings (SSSR count). The largest absolute Gasteiger partial charge is 0.309 e. The maximum Gasteiger partial charge on any atom is 0.0640 e. The van der Waals surface area contributed by atoms with Gasteiger partial charge in [0, 0.05) is 43.2 Å². The Morgan fingerprint density at radius 2 is 0.884 bits per heavy atom. The van der Waals surface area contributed by atoms with Crippen LogP contribution in [0.5, 0.6) is 0 Å². The van der Waals surface area contributed by atoms with Crippen LogP contribution in [0.4, 0.5) is 17.1 Å². The van der Waals surface area contributed by atoms with Crippen LogP contribution >= 0.6 is 11.3 Å². The first-order valence-electron chi connectivity index (χ1n) is 23.7. The molecule has 0 aliphatic carbocycles. The summed E-state index contributed by atoms with van der Waals surface area (Å²) in [6.07, 6.45) is 0. The van der Waals surface area contributed by atoms with Gasteiger partial charge in [0.1, 0.15) is 0 Å². The molecule has 0 saturated heterocycles. The van der Waals surface area contributed by atoms with E-state index < -0.39 is 0 Å². The predicted molar refractivity (Wildman–Crippen MR) is 297 cm³/mol. The van der Waals surface area contributed by atoms with E-state index in [1.165, 1.54) is 91.0 Å². The van der Waals surface area contributed by atoms with Gasteiger partial charge in [-0.15, -0.1) is 11.3 Å². The normalized spacial score (nSPS) is 11.8. The van der Waals surface area contributed by atoms with Gasteiger partial charge in [-0.2, -0.15) is 0 Å². The summed E-state index contributed by atoms with van der Waals surface area (Å²) in [5, 5.41) is 12.7. The molecule has 0 saturated carbocycles. The molecule has 0 aliphatic heterocycles. The average Bonchev–Trinajstić information content (AvgIpc) is 3.98. The number of para-hydroxylation sites is 2. The van der Waals surface area contributed by atoms with Crippen LogP contribution < -0.4 is 4.90 Å². The lowest BCUT2D eigenvalue weighted by molar-refractivity contribution is 1.18. The molecule has 2 nitrogen and oxygen atoms in total. The van der Waals surface area contributed by atoms with Gasteiger partial charge in [-0.25, -0.2) is 0 Å². The smallest absolute Gasteiger partial charge is 0.0640 e. The van der Waals surface area contributed by atoms with E-state index in [9.17, 15) is 0 Å². The van der Waals surface area contributed by atoms with Crippen LogP contribution in [0.3, 0.4) is 0 Å². The van der Waals surface area contributed by atoms with Crippen molar-refractivity contribution >= 4 is 103 Å². The van der Waals surface area contributed by atoms with E-state index in [1.54, 1.807) is 0 Å². The fourth-order valence-corrected chi connectivity index (χ4v) is 12.3. The number of nitrogens with zero attached hydrogens (tertiary/aromatic N) is 2. The van der Waals surface area contributed by atoms with Crippen molar-refractivity contribution in [3.63, 3.8) is 0 Å². The number of anilines is 3. The Bertz CT molecular complexity index is 4260. The van der Waals surface area contributed by atoms with Crippen LogP contribution in [0.25, 0.3) is 113 Å². The Hall–Kier alpha value is -8.76. The van der Waals surface area contributed by atoms with Gasteiger partial charge in [0.25, 0.3) is 0 Å². The molecule has 3 heteroatoms. The van der Waals surface area contributed by atoms with E-state index in [0.29, 0.717) is 0 Å². The lowest BCUT2D eigenvalue weighted by Gasteiger charge is -2.29. The Labute approximate surface area is 403 Å². The molecular formula is C66H42N2S. The van der Waals surface area contributed by atoms with E-state index in [-0.39, 0.29) is 0 Å². The van der Waals surface area contributed by atoms with Crippen molar-refractivity contribution in [2.75, 3.05) is 4.90 Å². The molecule has 0 aliphatic rings. The summed E-state index contributed by atoms with van der Waals surface area (Å²) in [7, 11) is 0. The fraction of sp³-hybridized carbons (Fsp3) is 0. The number of fused-ring (bicyclic) bond motifs is 11. The lowest BCUT2D eigenvalue weighted by atomic mass is 9.91. The number of benzene rings is 12. The second-order valence-electron chi connectivity index (χ2n) is 18.0. The third-order valence-electron chi connectivity index (χ3n) is 14.2. The first kappa shape index (κ1) is 39.4. The summed E-state index contributed by atoms with van der Waals surface area (Å²) in [4.78, 5) is 2.50. The molecule has 14 aromatic rings. The standard InChI is InChI=1S/C66H42N2S/c1-2-16-44(17-3-1)60-42-48(59-41-47-19-5-6-22-51(47)53-24-8-9-25-54(53)59)35-39-63(60)67(64-31-15-28-57-58-38-34-45-18-4-7-23-52(45)65(58)69-66(57)64)49-36-32-43(33-37-49)46-20-14-21-50(40-46)68-61-29-12-10-26-55(61)56-27-11-13-30-62(56)68/h1-42H. The molecule has 0 spiro atoms. The van der Waals surface area contributed by atoms with E-state index >= 15 is 0 Å². The predicted octanol–water partition coefficient (Wildman–Crippen LogP) is 19.1. The van der Waals surface area contributed by atoms with Crippen LogP contribution in [0.15, 0.2) is 255 Å². The van der Waals surface area contributed by atoms with Gasteiger partial charge >= 0.3 is 0 Å². The second-order valence-corrected chi connectivity index (χ2v) is 19.0. The van der Waals surface area contributed by atoms with Gasteiger partial charge in [-0.05, 0) is 121 Å². The molecule has 69 heavy (non-hydrogen) atoms. The van der Waals surface area contributed by atoms with Crippen molar-refractivity contribution in [3.05, 3.63) is 255 Å². The van der Waals surface area contributed by atoms with Gasteiger partial charge in [0.05, 0.1) is 27.1 Å². The lowest BCUT2D eigenvalue weighted by Crippen LogP contribution is -2.11. The van der Waals surface area contributed by atoms with Crippen LogP contribution in [0.1, 0.15) is 0 Å². The SMILES string of the molecule is c1ccc(-c2cc(-c3cc4ccccc4c4ccccc34)ccc2N(c2ccc(-c3cccc(-n4c5ccccc5c5ccccc54)c3)cc2)c2cccc3c2sc2c4ccccc4ccc32)cc1. The van der Waals surface area contributed by atoms with E-state index in [2.05, 4.69) is 264 Å². The highest BCUT2D eigenvalue weighted by Gasteiger charge is 2.23. The maximum atomic E-state index is 2.50. The van der Waals surface area contributed by atoms with Crippen LogP contribution in [-0.4, -0.2) is 4.57 Å². The molecule has 0 bridgehead atoms. The second kappa shape index (κ2) is 16.0. The van der Waals surface area contributed by atoms with Crippen molar-refractivity contribution in [2.45, 2.75) is 0 Å². The van der Waals surface area contributed by atoms with Crippen molar-refractivity contribution in [1.29, 1.82) is 0 Å². The highest BCUT2D eigenvalue weighted by atomic mass is 32.1. The molecular weight excluding hydrogens is 853 g/mol. The van der Waals surface area contributed by atoms with Gasteiger partial charge < -0.3 is 9.47 Å². The Morgan fingerprint density at radius 1 is 0.290 bits per heavy atom. The molecule has 322 valence electrons. The number of hydrogen-bond donors (Lipinski definition) is 0. The minimum absolute atomic E-state index is 1.09. The molecule has 2 heterocycles. The highest BCUT2D eigenvalue weighted by molar-refractivity contribution is 7.27. The first-order valence-corrected chi connectivity index (χ1v) is 24.5. The van der Waals surface area contributed by atoms with Gasteiger partial charge in [0.15, 0.2) is 0 Å². The molecule has 0 amide bonds. The maximum absolute atomic E-state index is 2.50. The molecule has 12 aromatic carbocycles. The summed E-state index contributed by atoms with van der Waals surface area (Å²) in [6.45, 7) is 0. The van der Waals surface area contributed by atoms with Crippen molar-refractivity contribution in [3.8, 4) is 39.1 Å². The van der Waals surface area contributed by atoms with Crippen LogP contribution in [0, 0.1) is 0 Å². The fourth-order valence-electron chi connectivity index (χ4n) is 11.0. The van der Waals surface area contributed by atoms with E-state index in [0.717, 1.165) is 39.4 Å². The summed E-state index contributed by atoms with van der Waals surface area (Å²) < 4.78 is 4.97. The number of aromatic nitrogens is 1. The number of rotatable bonds is 7. The average molecular weight is 895 g/mol. The third kappa shape index (κ3) is 6.39. The molecule has 0 fully saturated rings. The third-order valence-corrected chi connectivity index (χ3v) is 15.4.